The average molecular weight is 274 g/mol. The second-order valence-electron chi connectivity index (χ2n) is 5.34. The largest absolute Gasteiger partial charge is 0.310 e. The van der Waals surface area contributed by atoms with E-state index in [1.54, 1.807) is 17.8 Å². The molecule has 0 spiro atoms. The molecule has 3 nitrogen and oxygen atoms in total. The van der Waals surface area contributed by atoms with Crippen molar-refractivity contribution in [1.29, 1.82) is 0 Å². The number of aromatic amines is 1. The summed E-state index contributed by atoms with van der Waals surface area (Å²) in [6.45, 7) is 6.45. The molecule has 2 aromatic rings. The first kappa shape index (κ1) is 13.9. The van der Waals surface area contributed by atoms with Crippen LogP contribution in [0.4, 0.5) is 0 Å². The first-order chi connectivity index (χ1) is 8.94. The van der Waals surface area contributed by atoms with E-state index in [1.165, 1.54) is 0 Å². The Morgan fingerprint density at radius 2 is 1.89 bits per heavy atom. The fourth-order valence-electron chi connectivity index (χ4n) is 1.62. The van der Waals surface area contributed by atoms with Crippen LogP contribution in [0.15, 0.2) is 41.2 Å². The van der Waals surface area contributed by atoms with Crippen molar-refractivity contribution in [3.63, 3.8) is 0 Å². The maximum atomic E-state index is 11.7. The van der Waals surface area contributed by atoms with E-state index in [1.807, 2.05) is 30.3 Å². The van der Waals surface area contributed by atoms with E-state index < -0.39 is 0 Å². The van der Waals surface area contributed by atoms with Crippen LogP contribution in [-0.2, 0) is 5.75 Å². The SMILES string of the molecule is CC(C)(C)SCc1nc(-c2ccccc2)cc(=O)[nH]1. The molecule has 19 heavy (non-hydrogen) atoms. The van der Waals surface area contributed by atoms with Crippen molar-refractivity contribution >= 4 is 11.8 Å². The summed E-state index contributed by atoms with van der Waals surface area (Å²) in [6.07, 6.45) is 0. The first-order valence-corrected chi connectivity index (χ1v) is 7.22. The maximum Gasteiger partial charge on any atom is 0.251 e. The molecule has 0 fully saturated rings. The Morgan fingerprint density at radius 3 is 2.53 bits per heavy atom. The van der Waals surface area contributed by atoms with Gasteiger partial charge in [0.2, 0.25) is 0 Å². The summed E-state index contributed by atoms with van der Waals surface area (Å²) in [6, 6.07) is 11.3. The lowest BCUT2D eigenvalue weighted by atomic mass is 10.1. The third-order valence-corrected chi connectivity index (χ3v) is 3.79. The second kappa shape index (κ2) is 5.61. The highest BCUT2D eigenvalue weighted by atomic mass is 32.2. The molecular formula is C15H18N2OS. The fraction of sp³-hybridized carbons (Fsp3) is 0.333. The lowest BCUT2D eigenvalue weighted by molar-refractivity contribution is 0.799. The van der Waals surface area contributed by atoms with Crippen LogP contribution in [0, 0.1) is 0 Å². The molecule has 0 aliphatic carbocycles. The fourth-order valence-corrected chi connectivity index (χ4v) is 2.32. The molecule has 100 valence electrons. The summed E-state index contributed by atoms with van der Waals surface area (Å²) in [5.41, 5.74) is 1.60. The van der Waals surface area contributed by atoms with Crippen LogP contribution in [0.25, 0.3) is 11.3 Å². The molecule has 1 heterocycles. The average Bonchev–Trinajstić information content (AvgIpc) is 2.36. The van der Waals surface area contributed by atoms with Gasteiger partial charge in [-0.1, -0.05) is 51.1 Å². The topological polar surface area (TPSA) is 45.8 Å². The van der Waals surface area contributed by atoms with E-state index in [-0.39, 0.29) is 10.3 Å². The zero-order chi connectivity index (χ0) is 13.9. The number of nitrogens with zero attached hydrogens (tertiary/aromatic N) is 1. The highest BCUT2D eigenvalue weighted by Gasteiger charge is 2.12. The van der Waals surface area contributed by atoms with Crippen LogP contribution in [0.1, 0.15) is 26.6 Å². The molecule has 0 aliphatic rings. The number of rotatable bonds is 3. The molecule has 0 saturated carbocycles. The molecule has 1 N–H and O–H groups in total. The number of thioether (sulfide) groups is 1. The van der Waals surface area contributed by atoms with Gasteiger partial charge < -0.3 is 4.98 Å². The van der Waals surface area contributed by atoms with Gasteiger partial charge in [-0.2, -0.15) is 0 Å². The molecule has 0 amide bonds. The first-order valence-electron chi connectivity index (χ1n) is 6.24. The van der Waals surface area contributed by atoms with Gasteiger partial charge in [-0.05, 0) is 0 Å². The van der Waals surface area contributed by atoms with Gasteiger partial charge in [0.25, 0.3) is 5.56 Å². The van der Waals surface area contributed by atoms with Gasteiger partial charge in [-0.3, -0.25) is 4.79 Å². The van der Waals surface area contributed by atoms with Gasteiger partial charge >= 0.3 is 0 Å². The highest BCUT2D eigenvalue weighted by Crippen LogP contribution is 2.26. The van der Waals surface area contributed by atoms with Crippen LogP contribution >= 0.6 is 11.8 Å². The summed E-state index contributed by atoms with van der Waals surface area (Å²) < 4.78 is 0.154. The normalized spacial score (nSPS) is 11.5. The zero-order valence-corrected chi connectivity index (χ0v) is 12.3. The number of hydrogen-bond acceptors (Lipinski definition) is 3. The Balaban J connectivity index is 2.28. The Bertz CT molecular complexity index is 600. The van der Waals surface area contributed by atoms with E-state index in [0.717, 1.165) is 17.1 Å². The van der Waals surface area contributed by atoms with E-state index in [9.17, 15) is 4.79 Å². The maximum absolute atomic E-state index is 11.7. The van der Waals surface area contributed by atoms with Gasteiger partial charge in [0.1, 0.15) is 5.82 Å². The van der Waals surface area contributed by atoms with Crippen molar-refractivity contribution in [3.05, 3.63) is 52.6 Å². The summed E-state index contributed by atoms with van der Waals surface area (Å²) in [5.74, 6) is 1.44. The molecular weight excluding hydrogens is 256 g/mol. The molecule has 0 bridgehead atoms. The predicted molar refractivity (Wildman–Crippen MR) is 81.3 cm³/mol. The Kier molecular flexibility index (Phi) is 4.10. The van der Waals surface area contributed by atoms with Crippen LogP contribution in [0.2, 0.25) is 0 Å². The molecule has 4 heteroatoms. The van der Waals surface area contributed by atoms with Crippen molar-refractivity contribution in [1.82, 2.24) is 9.97 Å². The Labute approximate surface area is 117 Å². The minimum Gasteiger partial charge on any atom is -0.310 e. The number of benzene rings is 1. The molecule has 0 saturated heterocycles. The van der Waals surface area contributed by atoms with Gasteiger partial charge in [-0.25, -0.2) is 4.98 Å². The van der Waals surface area contributed by atoms with Gasteiger partial charge in [-0.15, -0.1) is 11.8 Å². The summed E-state index contributed by atoms with van der Waals surface area (Å²) in [5, 5.41) is 0. The van der Waals surface area contributed by atoms with E-state index >= 15 is 0 Å². The monoisotopic (exact) mass is 274 g/mol. The summed E-state index contributed by atoms with van der Waals surface area (Å²) in [4.78, 5) is 19.0. The van der Waals surface area contributed by atoms with Crippen molar-refractivity contribution in [2.24, 2.45) is 0 Å². The van der Waals surface area contributed by atoms with Crippen molar-refractivity contribution < 1.29 is 0 Å². The lowest BCUT2D eigenvalue weighted by Gasteiger charge is -2.17. The van der Waals surface area contributed by atoms with Crippen molar-refractivity contribution in [3.8, 4) is 11.3 Å². The van der Waals surface area contributed by atoms with Crippen LogP contribution in [-0.4, -0.2) is 14.7 Å². The van der Waals surface area contributed by atoms with Crippen LogP contribution in [0.3, 0.4) is 0 Å². The van der Waals surface area contributed by atoms with Gasteiger partial charge in [0, 0.05) is 16.4 Å². The van der Waals surface area contributed by atoms with E-state index in [2.05, 4.69) is 30.7 Å². The molecule has 2 rings (SSSR count). The Hall–Kier alpha value is -1.55. The third kappa shape index (κ3) is 4.24. The number of aromatic nitrogens is 2. The third-order valence-electron chi connectivity index (χ3n) is 2.50. The number of nitrogens with one attached hydrogen (secondary N) is 1. The second-order valence-corrected chi connectivity index (χ2v) is 7.15. The van der Waals surface area contributed by atoms with Crippen molar-refractivity contribution in [2.45, 2.75) is 31.3 Å². The molecule has 0 unspecified atom stereocenters. The van der Waals surface area contributed by atoms with Crippen LogP contribution < -0.4 is 5.56 Å². The van der Waals surface area contributed by atoms with Crippen molar-refractivity contribution in [2.75, 3.05) is 0 Å². The quantitative estimate of drug-likeness (QED) is 0.932. The molecule has 0 radical (unpaired) electrons. The minimum absolute atomic E-state index is 0.0987. The molecule has 0 aliphatic heterocycles. The predicted octanol–water partition coefficient (Wildman–Crippen LogP) is 3.47. The highest BCUT2D eigenvalue weighted by molar-refractivity contribution is 7.99. The van der Waals surface area contributed by atoms with Gasteiger partial charge in [0.05, 0.1) is 11.4 Å². The number of H-pyrrole nitrogens is 1. The zero-order valence-electron chi connectivity index (χ0n) is 11.4. The molecule has 1 aromatic carbocycles. The molecule has 1 aromatic heterocycles. The van der Waals surface area contributed by atoms with Crippen LogP contribution in [0.5, 0.6) is 0 Å². The van der Waals surface area contributed by atoms with E-state index in [0.29, 0.717) is 5.75 Å². The minimum atomic E-state index is -0.0987. The smallest absolute Gasteiger partial charge is 0.251 e. The lowest BCUT2D eigenvalue weighted by Crippen LogP contribution is -2.13. The van der Waals surface area contributed by atoms with E-state index in [4.69, 9.17) is 0 Å². The standard InChI is InChI=1S/C15H18N2OS/c1-15(2,3)19-10-13-16-12(9-14(18)17-13)11-7-5-4-6-8-11/h4-9H,10H2,1-3H3,(H,16,17,18). The molecule has 0 atom stereocenters. The Morgan fingerprint density at radius 1 is 1.21 bits per heavy atom. The summed E-state index contributed by atoms with van der Waals surface area (Å²) in [7, 11) is 0. The van der Waals surface area contributed by atoms with Gasteiger partial charge in [0.15, 0.2) is 0 Å². The summed E-state index contributed by atoms with van der Waals surface area (Å²) >= 11 is 1.77. The number of hydrogen-bond donors (Lipinski definition) is 1.